The topological polar surface area (TPSA) is 70.1 Å². The average molecular weight is 151 g/mol. The average Bonchev–Trinajstić information content (AvgIpc) is 2.12. The largest absolute Gasteiger partial charge is 1.00 e. The summed E-state index contributed by atoms with van der Waals surface area (Å²) < 4.78 is 0. The summed E-state index contributed by atoms with van der Waals surface area (Å²) in [6, 6.07) is 1.24. The summed E-state index contributed by atoms with van der Waals surface area (Å²) in [5.74, 6) is -0.204. The van der Waals surface area contributed by atoms with E-state index < -0.39 is 4.92 Å². The van der Waals surface area contributed by atoms with Gasteiger partial charge in [0.25, 0.3) is 0 Å². The molecule has 0 saturated heterocycles. The third-order valence-electron chi connectivity index (χ3n) is 0.638. The molecule has 0 aliphatic rings. The van der Waals surface area contributed by atoms with E-state index in [4.69, 9.17) is 0 Å². The van der Waals surface area contributed by atoms with Crippen LogP contribution >= 0.6 is 0 Å². The summed E-state index contributed by atoms with van der Waals surface area (Å²) in [6.45, 7) is 0. The first-order chi connectivity index (χ1) is 3.80. The van der Waals surface area contributed by atoms with E-state index in [1.54, 1.807) is 0 Å². The Morgan fingerprint density at radius 1 is 1.78 bits per heavy atom. The second-order valence-corrected chi connectivity index (χ2v) is 1.15. The molecule has 0 unspecified atom stereocenters. The SMILES string of the molecule is O=[N+]([O-])c1cc[n-]n1.[K+]. The minimum atomic E-state index is -0.590. The molecule has 0 spiro atoms. The van der Waals surface area contributed by atoms with Gasteiger partial charge in [-0.3, -0.25) is 0 Å². The van der Waals surface area contributed by atoms with Gasteiger partial charge in [0, 0.05) is 6.07 Å². The van der Waals surface area contributed by atoms with Gasteiger partial charge in [0.15, 0.2) is 0 Å². The van der Waals surface area contributed by atoms with Crippen molar-refractivity contribution in [1.82, 2.24) is 10.2 Å². The van der Waals surface area contributed by atoms with E-state index in [0.29, 0.717) is 0 Å². The van der Waals surface area contributed by atoms with Crippen LogP contribution in [0.1, 0.15) is 0 Å². The summed E-state index contributed by atoms with van der Waals surface area (Å²) in [7, 11) is 0. The summed E-state index contributed by atoms with van der Waals surface area (Å²) in [4.78, 5) is 9.17. The Kier molecular flexibility index (Phi) is 4.24. The molecule has 0 fully saturated rings. The van der Waals surface area contributed by atoms with Crippen molar-refractivity contribution >= 4 is 5.82 Å². The van der Waals surface area contributed by atoms with Crippen LogP contribution in [0.15, 0.2) is 12.3 Å². The van der Waals surface area contributed by atoms with Gasteiger partial charge in [0.2, 0.25) is 0 Å². The molecule has 5 nitrogen and oxygen atoms in total. The van der Waals surface area contributed by atoms with Gasteiger partial charge in [-0.15, -0.1) is 11.3 Å². The fraction of sp³-hybridized carbons (Fsp3) is 0. The van der Waals surface area contributed by atoms with E-state index in [0.717, 1.165) is 0 Å². The molecule has 9 heavy (non-hydrogen) atoms. The van der Waals surface area contributed by atoms with E-state index in [2.05, 4.69) is 10.2 Å². The van der Waals surface area contributed by atoms with Crippen molar-refractivity contribution in [2.24, 2.45) is 0 Å². The molecule has 6 heteroatoms. The van der Waals surface area contributed by atoms with Crippen LogP contribution in [0.3, 0.4) is 0 Å². The molecular formula is C3H2KN3O2. The Morgan fingerprint density at radius 3 is 2.67 bits per heavy atom. The van der Waals surface area contributed by atoms with E-state index in [1.807, 2.05) is 0 Å². The molecule has 0 bridgehead atoms. The zero-order valence-corrected chi connectivity index (χ0v) is 7.94. The van der Waals surface area contributed by atoms with Crippen LogP contribution in [0, 0.1) is 10.1 Å². The first-order valence-corrected chi connectivity index (χ1v) is 1.89. The minimum absolute atomic E-state index is 0. The molecule has 0 amide bonds. The van der Waals surface area contributed by atoms with E-state index in [1.165, 1.54) is 12.3 Å². The molecule has 1 aromatic heterocycles. The van der Waals surface area contributed by atoms with Crippen LogP contribution in [0.4, 0.5) is 5.82 Å². The van der Waals surface area contributed by atoms with Crippen molar-refractivity contribution in [2.45, 2.75) is 0 Å². The first-order valence-electron chi connectivity index (χ1n) is 1.89. The Balaban J connectivity index is 0.000000640. The van der Waals surface area contributed by atoms with Gasteiger partial charge in [-0.25, -0.2) is 0 Å². The molecule has 0 aromatic carbocycles. The molecule has 1 rings (SSSR count). The van der Waals surface area contributed by atoms with E-state index in [-0.39, 0.29) is 57.2 Å². The number of aromatic nitrogens is 2. The Labute approximate surface area is 93.4 Å². The van der Waals surface area contributed by atoms with Gasteiger partial charge in [-0.05, 0) is 4.92 Å². The molecule has 42 valence electrons. The van der Waals surface area contributed by atoms with Crippen molar-refractivity contribution in [3.05, 3.63) is 22.4 Å². The fourth-order valence-electron chi connectivity index (χ4n) is 0.323. The third kappa shape index (κ3) is 2.54. The monoisotopic (exact) mass is 151 g/mol. The van der Waals surface area contributed by atoms with Crippen LogP contribution in [0.5, 0.6) is 0 Å². The second kappa shape index (κ2) is 4.12. The zero-order valence-electron chi connectivity index (χ0n) is 4.81. The molecule has 0 aliphatic carbocycles. The number of hydrogen-bond donors (Lipinski definition) is 0. The minimum Gasteiger partial charge on any atom is -0.461 e. The zero-order chi connectivity index (χ0) is 5.98. The molecule has 0 N–H and O–H groups in total. The van der Waals surface area contributed by atoms with Gasteiger partial charge in [0.05, 0.1) is 0 Å². The van der Waals surface area contributed by atoms with Crippen LogP contribution in [-0.2, 0) is 0 Å². The standard InChI is InChI=1S/C3H2N3O2.K/c7-6(8)3-1-2-4-5-3;/h1-2H;/q-1;+1. The molecule has 0 aliphatic heterocycles. The summed E-state index contributed by atoms with van der Waals surface area (Å²) >= 11 is 0. The van der Waals surface area contributed by atoms with Crippen molar-refractivity contribution in [2.75, 3.05) is 0 Å². The molecule has 1 aromatic rings. The summed E-state index contributed by atoms with van der Waals surface area (Å²) in [5.41, 5.74) is 0. The van der Waals surface area contributed by atoms with E-state index in [9.17, 15) is 10.1 Å². The normalized spacial score (nSPS) is 8.00. The predicted molar refractivity (Wildman–Crippen MR) is 24.2 cm³/mol. The number of hydrogen-bond acceptors (Lipinski definition) is 3. The Hall–Kier alpha value is 0.246. The summed E-state index contributed by atoms with van der Waals surface area (Å²) in [5, 5.41) is 16.2. The maximum atomic E-state index is 9.77. The van der Waals surface area contributed by atoms with Crippen molar-refractivity contribution in [3.63, 3.8) is 0 Å². The smallest absolute Gasteiger partial charge is 0.461 e. The van der Waals surface area contributed by atoms with Crippen LogP contribution in [0.2, 0.25) is 0 Å². The summed E-state index contributed by atoms with van der Waals surface area (Å²) in [6.07, 6.45) is 1.28. The number of nitrogens with zero attached hydrogens (tertiary/aromatic N) is 3. The second-order valence-electron chi connectivity index (χ2n) is 1.15. The van der Waals surface area contributed by atoms with Gasteiger partial charge in [-0.2, -0.15) is 0 Å². The Bertz CT molecular complexity index is 185. The van der Waals surface area contributed by atoms with Gasteiger partial charge >= 0.3 is 57.2 Å². The van der Waals surface area contributed by atoms with Crippen LogP contribution in [-0.4, -0.2) is 10.0 Å². The maximum absolute atomic E-state index is 9.77. The Morgan fingerprint density at radius 2 is 2.44 bits per heavy atom. The van der Waals surface area contributed by atoms with Crippen LogP contribution in [0.25, 0.3) is 0 Å². The van der Waals surface area contributed by atoms with Crippen LogP contribution < -0.4 is 56.5 Å². The third-order valence-corrected chi connectivity index (χ3v) is 0.638. The molecule has 0 radical (unpaired) electrons. The van der Waals surface area contributed by atoms with Gasteiger partial charge in [-0.1, -0.05) is 0 Å². The predicted octanol–water partition coefficient (Wildman–Crippen LogP) is -3.05. The van der Waals surface area contributed by atoms with Crippen molar-refractivity contribution < 1.29 is 56.3 Å². The molecule has 1 heterocycles. The molecular weight excluding hydrogens is 149 g/mol. The molecule has 0 atom stereocenters. The molecule has 0 saturated carbocycles. The maximum Gasteiger partial charge on any atom is 1.00 e. The fourth-order valence-corrected chi connectivity index (χ4v) is 0.323. The van der Waals surface area contributed by atoms with Crippen molar-refractivity contribution in [1.29, 1.82) is 0 Å². The van der Waals surface area contributed by atoms with Crippen molar-refractivity contribution in [3.8, 4) is 0 Å². The van der Waals surface area contributed by atoms with E-state index >= 15 is 0 Å². The quantitative estimate of drug-likeness (QED) is 0.243. The number of nitro groups is 1. The van der Waals surface area contributed by atoms with Gasteiger partial charge in [0.1, 0.15) is 0 Å². The van der Waals surface area contributed by atoms with Gasteiger partial charge < -0.3 is 15.2 Å². The first kappa shape index (κ1) is 9.25. The number of rotatable bonds is 1.